The molecule has 4 fully saturated rings. The topological polar surface area (TPSA) is 276 Å². The maximum absolute atomic E-state index is 13.3. The molecule has 31 nitrogen and oxygen atoms in total. The summed E-state index contributed by atoms with van der Waals surface area (Å²) in [6.45, 7) is 34.4. The zero-order valence-electron chi connectivity index (χ0n) is 89.4. The molecule has 0 aliphatic carbocycles. The van der Waals surface area contributed by atoms with Gasteiger partial charge in [-0.15, -0.1) is 0 Å². The Bertz CT molecular complexity index is 6400. The maximum Gasteiger partial charge on any atom is 0.248 e. The van der Waals surface area contributed by atoms with Gasteiger partial charge in [-0.3, -0.25) is 43.8 Å². The molecule has 0 unspecified atom stereocenters. The van der Waals surface area contributed by atoms with Gasteiger partial charge in [-0.1, -0.05) is 86.7 Å². The lowest BCUT2D eigenvalue weighted by Gasteiger charge is -2.46. The van der Waals surface area contributed by atoms with Crippen LogP contribution in [0.1, 0.15) is 108 Å². The highest BCUT2D eigenvalue weighted by Crippen LogP contribution is 2.41. The molecular weight excluding hydrogens is 1830 g/mol. The normalized spacial score (nSPS) is 15.4. The SMILES string of the molecule is COc1cc(OCCN(C)C)c(NC(=O)/C=C/CN2CCC(N3CCN(C(C)(C)C)CC3)CC2)cc1Cc1nccc(-c2cn(C)c3ccccc23)n1.COc1cc(OCCN(C)C)c(NC(=O)/C=C/CN2CCC(NC(C)C)CC2)cc1Cc1nccc(-c2cn(C)c3ccccc23)n1.COc1cc(OCCN(C)C)c(NC(=O)/C=C/CN2CCN(C(C)C)CC2)cc1Cc1nccc(-c2cn(C)c3ccccc23)n1. The molecule has 0 saturated carbocycles. The van der Waals surface area contributed by atoms with Crippen LogP contribution in [-0.4, -0.2) is 336 Å². The number of ether oxygens (including phenoxy) is 6. The van der Waals surface area contributed by atoms with Crippen LogP contribution in [0.15, 0.2) is 201 Å². The third-order valence-electron chi connectivity index (χ3n) is 27.5. The van der Waals surface area contributed by atoms with E-state index in [2.05, 4.69) is 193 Å². The number of methoxy groups -OCH3 is 3. The van der Waals surface area contributed by atoms with Gasteiger partial charge in [0, 0.05) is 301 Å². The van der Waals surface area contributed by atoms with E-state index >= 15 is 0 Å². The van der Waals surface area contributed by atoms with Crippen molar-refractivity contribution in [2.75, 3.05) is 217 Å². The minimum atomic E-state index is -0.205. The van der Waals surface area contributed by atoms with Crippen LogP contribution in [0.2, 0.25) is 0 Å². The third-order valence-corrected chi connectivity index (χ3v) is 27.5. The Hall–Kier alpha value is -12.8. The van der Waals surface area contributed by atoms with E-state index < -0.39 is 0 Å². The van der Waals surface area contributed by atoms with E-state index in [0.717, 1.165) is 214 Å². The second-order valence-electron chi connectivity index (χ2n) is 40.8. The van der Waals surface area contributed by atoms with E-state index in [9.17, 15) is 14.4 Å². The minimum absolute atomic E-state index is 0.195. The van der Waals surface area contributed by atoms with Gasteiger partial charge in [0.15, 0.2) is 0 Å². The number of amides is 3. The van der Waals surface area contributed by atoms with Crippen molar-refractivity contribution in [1.82, 2.24) is 93.0 Å². The van der Waals surface area contributed by atoms with Gasteiger partial charge >= 0.3 is 0 Å². The van der Waals surface area contributed by atoms with Gasteiger partial charge in [-0.2, -0.15) is 0 Å². The molecule has 778 valence electrons. The van der Waals surface area contributed by atoms with E-state index in [-0.39, 0.29) is 23.3 Å². The number of carbonyl (C=O) groups excluding carboxylic acids is 3. The number of hydrogen-bond donors (Lipinski definition) is 4. The molecule has 3 amide bonds. The number of likely N-dealkylation sites (N-methyl/N-ethyl adjacent to an activating group) is 3. The van der Waals surface area contributed by atoms with Gasteiger partial charge in [0.2, 0.25) is 17.7 Å². The van der Waals surface area contributed by atoms with Crippen molar-refractivity contribution in [2.24, 2.45) is 21.1 Å². The Morgan fingerprint density at radius 2 is 0.747 bits per heavy atom. The van der Waals surface area contributed by atoms with Crippen LogP contribution in [0, 0.1) is 0 Å². The first-order valence-corrected chi connectivity index (χ1v) is 51.5. The monoisotopic (exact) mass is 1990 g/mol. The first kappa shape index (κ1) is 109. The fourth-order valence-electron chi connectivity index (χ4n) is 19.4. The highest BCUT2D eigenvalue weighted by atomic mass is 16.5. The zero-order chi connectivity index (χ0) is 104. The van der Waals surface area contributed by atoms with Gasteiger partial charge in [0.25, 0.3) is 0 Å². The molecule has 4 aliphatic rings. The number of fused-ring (bicyclic) bond motifs is 3. The Morgan fingerprint density at radius 1 is 0.418 bits per heavy atom. The highest BCUT2D eigenvalue weighted by molar-refractivity contribution is 6.03. The van der Waals surface area contributed by atoms with Gasteiger partial charge in [0.05, 0.1) is 55.5 Å². The fourth-order valence-corrected chi connectivity index (χ4v) is 19.4. The Kier molecular flexibility index (Phi) is 39.2. The first-order chi connectivity index (χ1) is 70.4. The number of aromatic nitrogens is 9. The molecule has 4 saturated heterocycles. The summed E-state index contributed by atoms with van der Waals surface area (Å²) in [5, 5.41) is 16.3. The number of piperidine rings is 2. The molecule has 16 rings (SSSR count). The molecule has 4 aliphatic heterocycles. The number of aryl methyl sites for hydroxylation is 3. The Labute approximate surface area is 863 Å². The molecule has 12 aromatic rings. The lowest BCUT2D eigenvalue weighted by atomic mass is 10.0. The molecule has 31 heteroatoms. The van der Waals surface area contributed by atoms with Gasteiger partial charge in [-0.05, 0) is 183 Å². The minimum Gasteiger partial charge on any atom is -0.496 e. The fraction of sp³-hybridized carbons (Fsp3) is 0.452. The second kappa shape index (κ2) is 52.5. The molecule has 6 aromatic carbocycles. The first-order valence-electron chi connectivity index (χ1n) is 51.5. The van der Waals surface area contributed by atoms with Gasteiger partial charge in [-0.25, -0.2) is 29.9 Å². The predicted octanol–water partition coefficient (Wildman–Crippen LogP) is 15.4. The lowest BCUT2D eigenvalue weighted by molar-refractivity contribution is -0.112. The number of piperazine rings is 2. The van der Waals surface area contributed by atoms with Crippen molar-refractivity contribution in [3.05, 3.63) is 235 Å². The van der Waals surface area contributed by atoms with Crippen molar-refractivity contribution < 1.29 is 42.8 Å². The summed E-state index contributed by atoms with van der Waals surface area (Å²) >= 11 is 0. The number of benzene rings is 6. The Morgan fingerprint density at radius 3 is 1.06 bits per heavy atom. The maximum atomic E-state index is 13.3. The van der Waals surface area contributed by atoms with Crippen molar-refractivity contribution >= 4 is 67.5 Å². The highest BCUT2D eigenvalue weighted by Gasteiger charge is 2.32. The molecule has 6 aromatic heterocycles. The number of nitrogens with one attached hydrogen (secondary N) is 4. The van der Waals surface area contributed by atoms with Crippen molar-refractivity contribution in [3.8, 4) is 68.3 Å². The summed E-state index contributed by atoms with van der Waals surface area (Å²) in [5.74, 6) is 4.97. The molecule has 0 radical (unpaired) electrons. The standard InChI is InChI=1S/C42H58N8O3.C37H49N7O3.C36H47N7O3/c1-42(2,3)50-23-21-49(22-24-50)32-15-19-48(20-16-32)18-10-13-41(51)45-36-27-31(38(52-7)29-39(36)53-26-25-46(4)5)28-40-43-17-14-35(44-40)34-30-47(6)37-12-9-8-11-33(34)37;1-26(2)39-28-14-18-44(19-15-28)17-9-12-37(45)41-32-22-27(34(46-6)24-35(32)47-21-20-42(3)4)23-36-38-16-13-31(40-36)30-25-43(5)33-11-8-7-10-29(30)33;1-26(2)43-18-16-42(17-19-43)15-9-12-36(44)39-31-22-27(33(45-6)24-34(31)46-21-20-40(3)4)23-35-37-14-13-30(38-35)29-25-41(5)32-11-8-7-10-28(29)32/h8-14,17,27,29-30,32H,15-16,18-26,28H2,1-7H3,(H,45,51);7-13,16,22,24-26,28,39H,14-15,17-21,23H2,1-6H3,(H,41,45);7-14,22,24-26H,15-21,23H2,1-6H3,(H,39,44)/b13-10+;2*12-9+. The molecule has 146 heavy (non-hydrogen) atoms. The van der Waals surface area contributed by atoms with E-state index in [1.807, 2.05) is 178 Å². The average Bonchev–Trinajstić information content (AvgIpc) is 1.68. The number of nitrogens with zero attached hydrogens (tertiary/aromatic N) is 18. The smallest absolute Gasteiger partial charge is 0.248 e. The summed E-state index contributed by atoms with van der Waals surface area (Å²) in [7, 11) is 23.0. The molecule has 0 spiro atoms. The number of rotatable bonds is 40. The second-order valence-corrected chi connectivity index (χ2v) is 40.8. The van der Waals surface area contributed by atoms with Crippen LogP contribution < -0.4 is 49.7 Å². The number of hydrogen-bond acceptors (Lipinski definition) is 25. The van der Waals surface area contributed by atoms with Gasteiger partial charge < -0.3 is 78.1 Å². The Balaban J connectivity index is 0.000000174. The molecule has 0 bridgehead atoms. The summed E-state index contributed by atoms with van der Waals surface area (Å²) in [6, 6.07) is 44.3. The predicted molar refractivity (Wildman–Crippen MR) is 588 cm³/mol. The molecule has 0 atom stereocenters. The summed E-state index contributed by atoms with van der Waals surface area (Å²) in [6.07, 6.45) is 28.2. The summed E-state index contributed by atoms with van der Waals surface area (Å²) in [4.78, 5) is 89.4. The van der Waals surface area contributed by atoms with Crippen LogP contribution in [0.5, 0.6) is 34.5 Å². The number of likely N-dealkylation sites (tertiary alicyclic amines) is 2. The largest absolute Gasteiger partial charge is 0.496 e. The van der Waals surface area contributed by atoms with Crippen LogP contribution in [-0.2, 0) is 54.8 Å². The number of para-hydroxylation sites is 3. The van der Waals surface area contributed by atoms with E-state index in [1.165, 1.54) is 12.8 Å². The zero-order valence-corrected chi connectivity index (χ0v) is 89.4. The van der Waals surface area contributed by atoms with Crippen molar-refractivity contribution in [2.45, 2.75) is 123 Å². The van der Waals surface area contributed by atoms with Crippen LogP contribution >= 0.6 is 0 Å². The third kappa shape index (κ3) is 30.5. The lowest BCUT2D eigenvalue weighted by Crippen LogP contribution is -2.57. The van der Waals surface area contributed by atoms with Crippen molar-refractivity contribution in [1.29, 1.82) is 0 Å². The molecule has 10 heterocycles. The summed E-state index contributed by atoms with van der Waals surface area (Å²) in [5.41, 5.74) is 13.7. The van der Waals surface area contributed by atoms with Crippen LogP contribution in [0.4, 0.5) is 17.1 Å². The molecular formula is C115H154N22O9. The van der Waals surface area contributed by atoms with Crippen LogP contribution in [0.25, 0.3) is 66.5 Å². The average molecular weight is 1990 g/mol. The van der Waals surface area contributed by atoms with Gasteiger partial charge in [0.1, 0.15) is 71.8 Å². The molecule has 4 N–H and O–H groups in total. The van der Waals surface area contributed by atoms with E-state index in [4.69, 9.17) is 43.4 Å². The number of anilines is 3. The van der Waals surface area contributed by atoms with Crippen LogP contribution in [0.3, 0.4) is 0 Å². The summed E-state index contributed by atoms with van der Waals surface area (Å²) < 4.78 is 42.2. The quantitative estimate of drug-likeness (QED) is 0.0260. The van der Waals surface area contributed by atoms with E-state index in [0.29, 0.717) is 132 Å². The van der Waals surface area contributed by atoms with Crippen molar-refractivity contribution in [3.63, 3.8) is 0 Å². The van der Waals surface area contributed by atoms with E-state index in [1.54, 1.807) is 58.1 Å². The number of carbonyl (C=O) groups is 3.